The van der Waals surface area contributed by atoms with Crippen LogP contribution in [0.2, 0.25) is 0 Å². The molecular weight excluding hydrogens is 356 g/mol. The molecule has 0 bridgehead atoms. The summed E-state index contributed by atoms with van der Waals surface area (Å²) in [5, 5.41) is 8.19. The average Bonchev–Trinajstić information content (AvgIpc) is 3.03. The number of ketones is 1. The van der Waals surface area contributed by atoms with Crippen LogP contribution in [0.4, 0.5) is 0 Å². The lowest BCUT2D eigenvalue weighted by Gasteiger charge is -2.44. The zero-order chi connectivity index (χ0) is 21.0. The predicted octanol–water partition coefficient (Wildman–Crippen LogP) is 5.94. The highest BCUT2D eigenvalue weighted by molar-refractivity contribution is 6.01. The Kier molecular flexibility index (Phi) is 4.64. The van der Waals surface area contributed by atoms with Crippen LogP contribution in [-0.2, 0) is 23.1 Å². The second-order valence-electron chi connectivity index (χ2n) is 10.8. The van der Waals surface area contributed by atoms with Gasteiger partial charge in [-0.15, -0.1) is 0 Å². The maximum Gasteiger partial charge on any atom is 0.160 e. The molecule has 0 spiro atoms. The van der Waals surface area contributed by atoms with E-state index in [0.717, 1.165) is 37.0 Å². The van der Waals surface area contributed by atoms with Gasteiger partial charge in [0.25, 0.3) is 0 Å². The first-order valence-electron chi connectivity index (χ1n) is 11.0. The van der Waals surface area contributed by atoms with Crippen LogP contribution in [-0.4, -0.2) is 16.0 Å². The monoisotopic (exact) mass is 390 g/mol. The summed E-state index contributed by atoms with van der Waals surface area (Å²) in [7, 11) is 0. The lowest BCUT2D eigenvalue weighted by Crippen LogP contribution is -2.41. The van der Waals surface area contributed by atoms with Crippen molar-refractivity contribution >= 4 is 5.78 Å². The third-order valence-electron chi connectivity index (χ3n) is 7.22. The van der Waals surface area contributed by atoms with E-state index in [-0.39, 0.29) is 10.8 Å². The van der Waals surface area contributed by atoms with Crippen molar-refractivity contribution in [2.24, 2.45) is 10.8 Å². The number of carbonyl (C=O) groups excluding carboxylic acids is 1. The van der Waals surface area contributed by atoms with Gasteiger partial charge in [0.15, 0.2) is 5.78 Å². The van der Waals surface area contributed by atoms with Gasteiger partial charge < -0.3 is 0 Å². The molecule has 0 radical (unpaired) electrons. The van der Waals surface area contributed by atoms with E-state index >= 15 is 0 Å². The Bertz CT molecular complexity index is 977. The molecule has 1 atom stereocenters. The number of hydrogen-bond acceptors (Lipinski definition) is 2. The normalized spacial score (nSPS) is 23.7. The highest BCUT2D eigenvalue weighted by atomic mass is 16.1. The van der Waals surface area contributed by atoms with Gasteiger partial charge in [0.1, 0.15) is 0 Å². The van der Waals surface area contributed by atoms with Crippen LogP contribution >= 0.6 is 0 Å². The van der Waals surface area contributed by atoms with E-state index in [1.165, 1.54) is 22.4 Å². The Morgan fingerprint density at radius 3 is 2.45 bits per heavy atom. The minimum absolute atomic E-state index is 0.0259. The quantitative estimate of drug-likeness (QED) is 0.702. The molecule has 2 aromatic rings. The molecule has 2 aliphatic rings. The lowest BCUT2D eigenvalue weighted by atomic mass is 9.58. The number of aromatic amines is 1. The minimum Gasteiger partial charge on any atom is -0.294 e. The van der Waals surface area contributed by atoms with Crippen LogP contribution in [0.3, 0.4) is 0 Å². The van der Waals surface area contributed by atoms with E-state index < -0.39 is 5.41 Å². The van der Waals surface area contributed by atoms with Crippen molar-refractivity contribution in [3.8, 4) is 0 Å². The van der Waals surface area contributed by atoms with E-state index in [4.69, 9.17) is 5.10 Å². The molecule has 1 aromatic carbocycles. The topological polar surface area (TPSA) is 45.8 Å². The number of Topliss-reactive ketones (excluding diaryl/α,β-unsaturated/α-hetero) is 1. The molecule has 1 heterocycles. The van der Waals surface area contributed by atoms with E-state index in [0.29, 0.717) is 12.2 Å². The molecule has 0 aliphatic heterocycles. The van der Waals surface area contributed by atoms with Crippen molar-refractivity contribution in [2.75, 3.05) is 0 Å². The summed E-state index contributed by atoms with van der Waals surface area (Å²) in [6.45, 7) is 13.5. The minimum atomic E-state index is -0.441. The SMILES string of the molecule is CCC(C)(C)Cc1n[nH]c2c1[C@](C)(c1ccccc1)C1=C(C2)CC(C)(C)CC1=O. The first kappa shape index (κ1) is 20.1. The Labute approximate surface area is 175 Å². The van der Waals surface area contributed by atoms with Crippen molar-refractivity contribution in [1.82, 2.24) is 10.2 Å². The largest absolute Gasteiger partial charge is 0.294 e. The first-order valence-corrected chi connectivity index (χ1v) is 11.0. The van der Waals surface area contributed by atoms with Crippen molar-refractivity contribution in [3.63, 3.8) is 0 Å². The Hall–Kier alpha value is -2.16. The predicted molar refractivity (Wildman–Crippen MR) is 118 cm³/mol. The molecule has 154 valence electrons. The molecule has 1 aromatic heterocycles. The maximum atomic E-state index is 13.5. The number of allylic oxidation sites excluding steroid dienone is 2. The average molecular weight is 391 g/mol. The van der Waals surface area contributed by atoms with Gasteiger partial charge in [0, 0.05) is 35.1 Å². The van der Waals surface area contributed by atoms with Gasteiger partial charge in [-0.1, -0.05) is 76.9 Å². The van der Waals surface area contributed by atoms with Gasteiger partial charge in [-0.25, -0.2) is 0 Å². The summed E-state index contributed by atoms with van der Waals surface area (Å²) >= 11 is 0. The fourth-order valence-corrected chi connectivity index (χ4v) is 5.48. The van der Waals surface area contributed by atoms with E-state index in [2.05, 4.69) is 70.9 Å². The molecule has 0 saturated carbocycles. The van der Waals surface area contributed by atoms with Crippen LogP contribution in [0, 0.1) is 10.8 Å². The first-order chi connectivity index (χ1) is 13.6. The Morgan fingerprint density at radius 1 is 1.10 bits per heavy atom. The fraction of sp³-hybridized carbons (Fsp3) is 0.538. The molecule has 3 heteroatoms. The number of carbonyl (C=O) groups is 1. The van der Waals surface area contributed by atoms with E-state index in [9.17, 15) is 4.79 Å². The standard InChI is InChI=1S/C26H34N2O/c1-7-24(2,3)15-20-23-19(27-28-20)13-17-14-25(4,5)16-21(29)22(17)26(23,6)18-11-9-8-10-12-18/h8-12H,7,13-16H2,1-6H3,(H,27,28)/t26-/m1/s1. The van der Waals surface area contributed by atoms with Crippen molar-refractivity contribution in [3.05, 3.63) is 64.0 Å². The Morgan fingerprint density at radius 2 is 1.79 bits per heavy atom. The number of nitrogens with one attached hydrogen (secondary N) is 1. The van der Waals surface area contributed by atoms with Gasteiger partial charge in [0.05, 0.1) is 5.69 Å². The maximum absolute atomic E-state index is 13.5. The van der Waals surface area contributed by atoms with Gasteiger partial charge in [-0.3, -0.25) is 9.89 Å². The number of H-pyrrole nitrogens is 1. The summed E-state index contributed by atoms with van der Waals surface area (Å²) in [6, 6.07) is 10.6. The molecule has 0 fully saturated rings. The molecule has 0 saturated heterocycles. The van der Waals surface area contributed by atoms with Gasteiger partial charge in [-0.2, -0.15) is 5.10 Å². The van der Waals surface area contributed by atoms with Gasteiger partial charge in [-0.05, 0) is 36.2 Å². The van der Waals surface area contributed by atoms with Crippen molar-refractivity contribution in [1.29, 1.82) is 0 Å². The van der Waals surface area contributed by atoms with E-state index in [1.807, 2.05) is 6.07 Å². The van der Waals surface area contributed by atoms with Crippen LogP contribution in [0.15, 0.2) is 41.5 Å². The summed E-state index contributed by atoms with van der Waals surface area (Å²) in [6.07, 6.45) is 4.43. The molecule has 4 rings (SSSR count). The van der Waals surface area contributed by atoms with Crippen LogP contribution < -0.4 is 0 Å². The number of benzene rings is 1. The number of hydrogen-bond donors (Lipinski definition) is 1. The molecule has 1 N–H and O–H groups in total. The third-order valence-corrected chi connectivity index (χ3v) is 7.22. The summed E-state index contributed by atoms with van der Waals surface area (Å²) in [5.41, 5.74) is 6.86. The number of nitrogens with zero attached hydrogens (tertiary/aromatic N) is 1. The zero-order valence-electron chi connectivity index (χ0n) is 18.8. The number of fused-ring (bicyclic) bond motifs is 1. The second-order valence-corrected chi connectivity index (χ2v) is 10.8. The smallest absolute Gasteiger partial charge is 0.160 e. The summed E-state index contributed by atoms with van der Waals surface area (Å²) in [5.74, 6) is 0.315. The third kappa shape index (κ3) is 3.29. The summed E-state index contributed by atoms with van der Waals surface area (Å²) in [4.78, 5) is 13.5. The molecule has 29 heavy (non-hydrogen) atoms. The molecule has 0 amide bonds. The highest BCUT2D eigenvalue weighted by Gasteiger charge is 2.49. The zero-order valence-corrected chi connectivity index (χ0v) is 18.8. The summed E-state index contributed by atoms with van der Waals surface area (Å²) < 4.78 is 0. The van der Waals surface area contributed by atoms with Crippen LogP contribution in [0.5, 0.6) is 0 Å². The second kappa shape index (κ2) is 6.68. The molecule has 3 nitrogen and oxygen atoms in total. The fourth-order valence-electron chi connectivity index (χ4n) is 5.48. The van der Waals surface area contributed by atoms with Crippen molar-refractivity contribution < 1.29 is 4.79 Å². The van der Waals surface area contributed by atoms with E-state index in [1.54, 1.807) is 0 Å². The molecule has 2 aliphatic carbocycles. The van der Waals surface area contributed by atoms with Crippen LogP contribution in [0.25, 0.3) is 0 Å². The van der Waals surface area contributed by atoms with Crippen molar-refractivity contribution in [2.45, 2.75) is 79.1 Å². The van der Waals surface area contributed by atoms with Gasteiger partial charge in [0.2, 0.25) is 0 Å². The molecule has 0 unspecified atom stereocenters. The number of rotatable bonds is 4. The number of aromatic nitrogens is 2. The highest BCUT2D eigenvalue weighted by Crippen LogP contribution is 2.53. The Balaban J connectivity index is 1.96. The van der Waals surface area contributed by atoms with Crippen LogP contribution in [0.1, 0.15) is 83.3 Å². The van der Waals surface area contributed by atoms with Gasteiger partial charge >= 0.3 is 0 Å². The molecular formula is C26H34N2O. The lowest BCUT2D eigenvalue weighted by molar-refractivity contribution is -0.118.